The van der Waals surface area contributed by atoms with Gasteiger partial charge in [-0.1, -0.05) is 29.3 Å². The molecular formula is C21H22BrN3O3. The minimum Gasteiger partial charge on any atom is -0.493 e. The Morgan fingerprint density at radius 3 is 2.64 bits per heavy atom. The third-order valence-electron chi connectivity index (χ3n) is 4.36. The van der Waals surface area contributed by atoms with Crippen LogP contribution in [0.15, 0.2) is 50.8 Å². The normalized spacial score (nSPS) is 11.3. The van der Waals surface area contributed by atoms with E-state index in [1.54, 1.807) is 32.6 Å². The summed E-state index contributed by atoms with van der Waals surface area (Å²) in [6.45, 7) is 2.10. The molecular weight excluding hydrogens is 422 g/mol. The highest BCUT2D eigenvalue weighted by atomic mass is 79.9. The van der Waals surface area contributed by atoms with Crippen LogP contribution >= 0.6 is 15.9 Å². The van der Waals surface area contributed by atoms with Crippen LogP contribution in [-0.4, -0.2) is 30.1 Å². The highest BCUT2D eigenvalue weighted by Gasteiger charge is 2.11. The number of unbranched alkanes of at least 4 members (excludes halogenated alkanes) is 1. The molecule has 146 valence electrons. The molecule has 28 heavy (non-hydrogen) atoms. The van der Waals surface area contributed by atoms with Crippen LogP contribution in [0.3, 0.4) is 0 Å². The van der Waals surface area contributed by atoms with Gasteiger partial charge in [-0.2, -0.15) is 9.78 Å². The summed E-state index contributed by atoms with van der Waals surface area (Å²) >= 11 is 3.42. The van der Waals surface area contributed by atoms with E-state index in [0.29, 0.717) is 34.6 Å². The zero-order chi connectivity index (χ0) is 20.1. The number of halogens is 1. The van der Waals surface area contributed by atoms with Gasteiger partial charge in [0.1, 0.15) is 5.82 Å². The van der Waals surface area contributed by atoms with Gasteiger partial charge in [-0.25, -0.2) is 4.98 Å². The lowest BCUT2D eigenvalue weighted by atomic mass is 10.2. The standard InChI is InChI=1S/C21H22BrN3O3/c1-4-5-6-20-24-17-9-8-15(22)12-16(17)21(26)25(20)23-13-14-7-10-18(27-2)19(11-14)28-3/h7-13H,4-6H2,1-3H3. The molecule has 7 heteroatoms. The summed E-state index contributed by atoms with van der Waals surface area (Å²) in [6.07, 6.45) is 4.25. The first kappa shape index (κ1) is 20.1. The zero-order valence-corrected chi connectivity index (χ0v) is 17.7. The molecule has 0 N–H and O–H groups in total. The highest BCUT2D eigenvalue weighted by Crippen LogP contribution is 2.27. The number of hydrogen-bond acceptors (Lipinski definition) is 5. The van der Waals surface area contributed by atoms with Gasteiger partial charge in [0.05, 0.1) is 31.3 Å². The van der Waals surface area contributed by atoms with E-state index in [9.17, 15) is 4.79 Å². The van der Waals surface area contributed by atoms with Gasteiger partial charge in [0.2, 0.25) is 0 Å². The van der Waals surface area contributed by atoms with E-state index in [1.807, 2.05) is 24.3 Å². The van der Waals surface area contributed by atoms with Crippen molar-refractivity contribution < 1.29 is 9.47 Å². The summed E-state index contributed by atoms with van der Waals surface area (Å²) in [5.41, 5.74) is 1.28. The summed E-state index contributed by atoms with van der Waals surface area (Å²) in [7, 11) is 3.17. The van der Waals surface area contributed by atoms with Crippen LogP contribution in [0.2, 0.25) is 0 Å². The lowest BCUT2D eigenvalue weighted by Gasteiger charge is -2.10. The van der Waals surface area contributed by atoms with Gasteiger partial charge in [0.15, 0.2) is 11.5 Å². The molecule has 2 aromatic carbocycles. The second-order valence-electron chi connectivity index (χ2n) is 6.27. The van der Waals surface area contributed by atoms with Crippen LogP contribution in [-0.2, 0) is 6.42 Å². The molecule has 1 heterocycles. The highest BCUT2D eigenvalue weighted by molar-refractivity contribution is 9.10. The minimum atomic E-state index is -0.186. The minimum absolute atomic E-state index is 0.186. The first-order chi connectivity index (χ1) is 13.6. The van der Waals surface area contributed by atoms with Crippen LogP contribution in [0, 0.1) is 0 Å². The molecule has 0 fully saturated rings. The molecule has 0 unspecified atom stereocenters. The van der Waals surface area contributed by atoms with Gasteiger partial charge in [0.25, 0.3) is 5.56 Å². The number of methoxy groups -OCH3 is 2. The molecule has 3 rings (SSSR count). The number of ether oxygens (including phenoxy) is 2. The van der Waals surface area contributed by atoms with E-state index >= 15 is 0 Å². The molecule has 0 bridgehead atoms. The molecule has 6 nitrogen and oxygen atoms in total. The van der Waals surface area contributed by atoms with Crippen LogP contribution < -0.4 is 15.0 Å². The van der Waals surface area contributed by atoms with Crippen molar-refractivity contribution in [3.8, 4) is 11.5 Å². The maximum absolute atomic E-state index is 13.1. The fourth-order valence-electron chi connectivity index (χ4n) is 2.87. The van der Waals surface area contributed by atoms with E-state index in [4.69, 9.17) is 9.47 Å². The van der Waals surface area contributed by atoms with Crippen molar-refractivity contribution in [2.75, 3.05) is 14.2 Å². The average Bonchev–Trinajstić information content (AvgIpc) is 2.72. The molecule has 0 saturated carbocycles. The number of hydrogen-bond donors (Lipinski definition) is 0. The average molecular weight is 444 g/mol. The van der Waals surface area contributed by atoms with E-state index in [2.05, 4.69) is 32.9 Å². The van der Waals surface area contributed by atoms with Crippen molar-refractivity contribution in [2.45, 2.75) is 26.2 Å². The fourth-order valence-corrected chi connectivity index (χ4v) is 3.23. The topological polar surface area (TPSA) is 65.7 Å². The molecule has 0 amide bonds. The summed E-state index contributed by atoms with van der Waals surface area (Å²) < 4.78 is 12.8. The molecule has 0 radical (unpaired) electrons. The van der Waals surface area contributed by atoms with E-state index in [0.717, 1.165) is 22.9 Å². The maximum Gasteiger partial charge on any atom is 0.282 e. The Hall–Kier alpha value is -2.67. The van der Waals surface area contributed by atoms with Gasteiger partial charge in [-0.3, -0.25) is 4.79 Å². The summed E-state index contributed by atoms with van der Waals surface area (Å²) in [5.74, 6) is 1.89. The lowest BCUT2D eigenvalue weighted by molar-refractivity contribution is 0.355. The summed E-state index contributed by atoms with van der Waals surface area (Å²) in [4.78, 5) is 17.7. The van der Waals surface area contributed by atoms with Crippen molar-refractivity contribution in [3.05, 3.63) is 62.6 Å². The fraction of sp³-hybridized carbons (Fsp3) is 0.286. The predicted octanol–water partition coefficient (Wildman–Crippen LogP) is 4.40. The molecule has 1 aromatic heterocycles. The van der Waals surface area contributed by atoms with Crippen LogP contribution in [0.4, 0.5) is 0 Å². The molecule has 3 aromatic rings. The van der Waals surface area contributed by atoms with E-state index < -0.39 is 0 Å². The van der Waals surface area contributed by atoms with Crippen molar-refractivity contribution in [1.29, 1.82) is 0 Å². The van der Waals surface area contributed by atoms with Crippen molar-refractivity contribution in [3.63, 3.8) is 0 Å². The molecule has 0 saturated heterocycles. The Labute approximate surface area is 171 Å². The number of nitrogens with zero attached hydrogens (tertiary/aromatic N) is 3. The maximum atomic E-state index is 13.1. The molecule has 0 spiro atoms. The Morgan fingerprint density at radius 1 is 1.14 bits per heavy atom. The largest absolute Gasteiger partial charge is 0.493 e. The molecule has 0 aliphatic rings. The van der Waals surface area contributed by atoms with Crippen molar-refractivity contribution in [1.82, 2.24) is 9.66 Å². The Bertz CT molecular complexity index is 1080. The van der Waals surface area contributed by atoms with Crippen LogP contribution in [0.25, 0.3) is 10.9 Å². The second-order valence-corrected chi connectivity index (χ2v) is 7.18. The summed E-state index contributed by atoms with van der Waals surface area (Å²) in [6, 6.07) is 11.0. The lowest BCUT2D eigenvalue weighted by Crippen LogP contribution is -2.22. The Morgan fingerprint density at radius 2 is 1.93 bits per heavy atom. The zero-order valence-electron chi connectivity index (χ0n) is 16.1. The monoisotopic (exact) mass is 443 g/mol. The van der Waals surface area contributed by atoms with Gasteiger partial charge in [-0.15, -0.1) is 0 Å². The molecule has 0 aliphatic carbocycles. The first-order valence-electron chi connectivity index (χ1n) is 9.05. The predicted molar refractivity (Wildman–Crippen MR) is 115 cm³/mol. The van der Waals surface area contributed by atoms with Crippen LogP contribution in [0.1, 0.15) is 31.2 Å². The number of fused-ring (bicyclic) bond motifs is 1. The van der Waals surface area contributed by atoms with Crippen LogP contribution in [0.5, 0.6) is 11.5 Å². The third-order valence-corrected chi connectivity index (χ3v) is 4.85. The van der Waals surface area contributed by atoms with Gasteiger partial charge < -0.3 is 9.47 Å². The SMILES string of the molecule is CCCCc1nc2ccc(Br)cc2c(=O)n1N=Cc1ccc(OC)c(OC)c1. The smallest absolute Gasteiger partial charge is 0.282 e. The van der Waals surface area contributed by atoms with Gasteiger partial charge in [0, 0.05) is 10.9 Å². The molecule has 0 atom stereocenters. The Kier molecular flexibility index (Phi) is 6.46. The molecule has 0 aliphatic heterocycles. The van der Waals surface area contributed by atoms with E-state index in [-0.39, 0.29) is 5.56 Å². The Balaban J connectivity index is 2.08. The number of benzene rings is 2. The number of rotatable bonds is 7. The number of aryl methyl sites for hydroxylation is 1. The number of aromatic nitrogens is 2. The quantitative estimate of drug-likeness (QED) is 0.507. The van der Waals surface area contributed by atoms with E-state index in [1.165, 1.54) is 4.68 Å². The van der Waals surface area contributed by atoms with Gasteiger partial charge >= 0.3 is 0 Å². The second kappa shape index (κ2) is 9.01. The van der Waals surface area contributed by atoms with Gasteiger partial charge in [-0.05, 0) is 48.4 Å². The van der Waals surface area contributed by atoms with Crippen molar-refractivity contribution >= 4 is 33.0 Å². The van der Waals surface area contributed by atoms with Crippen molar-refractivity contribution in [2.24, 2.45) is 5.10 Å². The first-order valence-corrected chi connectivity index (χ1v) is 9.84. The third kappa shape index (κ3) is 4.25. The summed E-state index contributed by atoms with van der Waals surface area (Å²) in [5, 5.41) is 4.97.